The number of nitrogens with zero attached hydrogens (tertiary/aromatic N) is 5. The number of carbonyl (C=O) groups is 2. The van der Waals surface area contributed by atoms with Gasteiger partial charge in [0.2, 0.25) is 5.95 Å². The number of anilines is 3. The van der Waals surface area contributed by atoms with Gasteiger partial charge in [-0.15, -0.1) is 0 Å². The second-order valence-electron chi connectivity index (χ2n) is 11.0. The lowest BCUT2D eigenvalue weighted by atomic mass is 9.99. The van der Waals surface area contributed by atoms with Crippen LogP contribution in [0.25, 0.3) is 11.1 Å². The quantitative estimate of drug-likeness (QED) is 0.354. The molecule has 0 spiro atoms. The molecule has 5 rings (SSSR count). The summed E-state index contributed by atoms with van der Waals surface area (Å²) in [6.07, 6.45) is -1.08. The van der Waals surface area contributed by atoms with Crippen LogP contribution in [0.5, 0.6) is 0 Å². The number of hydrogen-bond acceptors (Lipinski definition) is 8. The lowest BCUT2D eigenvalue weighted by Crippen LogP contribution is -2.55. The molecule has 2 aliphatic heterocycles. The number of ether oxygens (including phenoxy) is 1. The first-order valence-corrected chi connectivity index (χ1v) is 14.2. The fraction of sp³-hybridized carbons (Fsp3) is 0.400. The number of aromatic nitrogens is 2. The second-order valence-corrected chi connectivity index (χ2v) is 11.0. The Balaban J connectivity index is 1.61. The van der Waals surface area contributed by atoms with E-state index >= 15 is 8.78 Å². The van der Waals surface area contributed by atoms with Crippen molar-refractivity contribution in [3.05, 3.63) is 64.7 Å². The van der Waals surface area contributed by atoms with E-state index in [1.54, 1.807) is 4.90 Å². The Morgan fingerprint density at radius 3 is 2.20 bits per heavy atom. The molecule has 0 bridgehead atoms. The smallest absolute Gasteiger partial charge is 0.339 e. The fourth-order valence-electron chi connectivity index (χ4n) is 5.63. The third-order valence-corrected chi connectivity index (χ3v) is 8.23. The Hall–Kier alpha value is -4.37. The number of carboxylic acids is 1. The molecule has 1 aromatic heterocycles. The van der Waals surface area contributed by atoms with Crippen LogP contribution in [0.2, 0.25) is 0 Å². The zero-order valence-corrected chi connectivity index (χ0v) is 24.7. The lowest BCUT2D eigenvalue weighted by Gasteiger charge is -2.44. The summed E-state index contributed by atoms with van der Waals surface area (Å²) < 4.78 is 79.9. The minimum absolute atomic E-state index is 0.0487. The van der Waals surface area contributed by atoms with Gasteiger partial charge in [0, 0.05) is 73.4 Å². The molecule has 2 aromatic carbocycles. The van der Waals surface area contributed by atoms with Gasteiger partial charge in [-0.05, 0) is 33.0 Å². The highest BCUT2D eigenvalue weighted by Crippen LogP contribution is 2.40. The molecule has 0 saturated carbocycles. The number of piperazine rings is 1. The van der Waals surface area contributed by atoms with Crippen LogP contribution in [-0.2, 0) is 4.74 Å². The van der Waals surface area contributed by atoms with Gasteiger partial charge in [0.15, 0.2) is 5.82 Å². The van der Waals surface area contributed by atoms with E-state index in [0.29, 0.717) is 57.5 Å². The van der Waals surface area contributed by atoms with Crippen molar-refractivity contribution in [1.29, 1.82) is 0 Å². The zero-order valence-electron chi connectivity index (χ0n) is 24.7. The Bertz CT molecular complexity index is 1590. The summed E-state index contributed by atoms with van der Waals surface area (Å²) in [4.78, 5) is 39.2. The number of rotatable bonds is 7. The van der Waals surface area contributed by atoms with Crippen LogP contribution in [-0.4, -0.2) is 90.4 Å². The van der Waals surface area contributed by atoms with Crippen LogP contribution in [0.3, 0.4) is 0 Å². The molecule has 2 saturated heterocycles. The van der Waals surface area contributed by atoms with Crippen LogP contribution >= 0.6 is 0 Å². The van der Waals surface area contributed by atoms with Gasteiger partial charge in [-0.25, -0.2) is 36.7 Å². The first-order valence-electron chi connectivity index (χ1n) is 14.2. The van der Waals surface area contributed by atoms with Gasteiger partial charge in [-0.3, -0.25) is 9.69 Å². The Labute approximate surface area is 255 Å². The fourth-order valence-corrected chi connectivity index (χ4v) is 5.63. The number of likely N-dealkylation sites (N-methyl/N-ethyl adjacent to an activating group) is 1. The molecule has 0 aliphatic carbocycles. The van der Waals surface area contributed by atoms with Crippen LogP contribution in [0, 0.1) is 17.5 Å². The molecule has 15 heteroatoms. The molecule has 2 fully saturated rings. The normalized spacial score (nSPS) is 19.2. The molecule has 45 heavy (non-hydrogen) atoms. The number of hydrogen-bond donors (Lipinski definition) is 2. The van der Waals surface area contributed by atoms with Crippen LogP contribution in [0.4, 0.5) is 39.3 Å². The molecule has 240 valence electrons. The van der Waals surface area contributed by atoms with Crippen molar-refractivity contribution in [1.82, 2.24) is 14.9 Å². The highest BCUT2D eigenvalue weighted by atomic mass is 19.3. The molecule has 2 N–H and O–H groups in total. The average molecular weight is 635 g/mol. The molecule has 1 amide bonds. The Kier molecular flexibility index (Phi) is 9.20. The number of halogens is 5. The highest BCUT2D eigenvalue weighted by molar-refractivity contribution is 6.09. The van der Waals surface area contributed by atoms with E-state index < -0.39 is 63.7 Å². The summed E-state index contributed by atoms with van der Waals surface area (Å²) >= 11 is 0. The van der Waals surface area contributed by atoms with E-state index in [9.17, 15) is 27.9 Å². The third-order valence-electron chi connectivity index (χ3n) is 8.23. The number of carboxylic acid groups (broad SMARTS) is 1. The molecule has 3 aromatic rings. The number of alkyl halides is 2. The predicted molar refractivity (Wildman–Crippen MR) is 156 cm³/mol. The third kappa shape index (κ3) is 6.27. The Morgan fingerprint density at radius 1 is 1.00 bits per heavy atom. The number of nitrogens with one attached hydrogen (secondary N) is 1. The molecule has 0 unspecified atom stereocenters. The maximum atomic E-state index is 16.5. The van der Waals surface area contributed by atoms with Crippen molar-refractivity contribution < 1.29 is 41.4 Å². The van der Waals surface area contributed by atoms with Crippen LogP contribution in [0.15, 0.2) is 30.6 Å². The van der Waals surface area contributed by atoms with E-state index in [1.807, 2.05) is 25.8 Å². The summed E-state index contributed by atoms with van der Waals surface area (Å²) in [6.45, 7) is 6.44. The second kappa shape index (κ2) is 12.9. The van der Waals surface area contributed by atoms with Crippen molar-refractivity contribution in [2.24, 2.45) is 0 Å². The molecule has 10 nitrogen and oxygen atoms in total. The van der Waals surface area contributed by atoms with E-state index in [-0.39, 0.29) is 23.3 Å². The highest BCUT2D eigenvalue weighted by Gasteiger charge is 2.33. The van der Waals surface area contributed by atoms with Gasteiger partial charge >= 0.3 is 5.97 Å². The van der Waals surface area contributed by atoms with Crippen molar-refractivity contribution in [3.63, 3.8) is 0 Å². The van der Waals surface area contributed by atoms with Gasteiger partial charge in [0.05, 0.1) is 24.5 Å². The molecule has 2 atom stereocenters. The van der Waals surface area contributed by atoms with E-state index in [2.05, 4.69) is 20.2 Å². The van der Waals surface area contributed by atoms with Gasteiger partial charge in [-0.1, -0.05) is 0 Å². The van der Waals surface area contributed by atoms with Crippen molar-refractivity contribution in [3.8, 4) is 11.1 Å². The monoisotopic (exact) mass is 634 g/mol. The molecular weight excluding hydrogens is 603 g/mol. The number of morpholine rings is 1. The number of amides is 1. The number of aromatic carboxylic acids is 1. The average Bonchev–Trinajstić information content (AvgIpc) is 3.01. The van der Waals surface area contributed by atoms with Gasteiger partial charge < -0.3 is 25.0 Å². The van der Waals surface area contributed by atoms with E-state index in [4.69, 9.17) is 4.74 Å². The standard InChI is InChI=1S/C30H31F5N6O4/c1-15-13-41(14-16(2)39(15)3)21-10-20(32)22(17-11-36-30(37-12-17)40-6-8-45-9-7-40)25(33)26(21)38-28(42)18-4-5-19(31)24(29(43)44)23(18)27(34)35/h4-5,10-12,15-16,27H,6-9,13-14H2,1-3H3,(H,38,42)(H,43,44)/t15-,16+. The Morgan fingerprint density at radius 2 is 1.62 bits per heavy atom. The summed E-state index contributed by atoms with van der Waals surface area (Å²) in [6, 6.07) is 2.17. The van der Waals surface area contributed by atoms with Gasteiger partial charge in [0.1, 0.15) is 22.9 Å². The largest absolute Gasteiger partial charge is 0.478 e. The van der Waals surface area contributed by atoms with Crippen LogP contribution in [0.1, 0.15) is 46.6 Å². The van der Waals surface area contributed by atoms with Crippen molar-refractivity contribution in [2.75, 3.05) is 61.6 Å². The summed E-state index contributed by atoms with van der Waals surface area (Å²) in [5.74, 6) is -6.68. The number of carbonyl (C=O) groups excluding carboxylic acids is 1. The number of benzene rings is 2. The summed E-state index contributed by atoms with van der Waals surface area (Å²) in [5.41, 5.74) is -4.82. The minimum Gasteiger partial charge on any atom is -0.478 e. The SMILES string of the molecule is C[C@@H]1CN(c2cc(F)c(-c3cnc(N4CCOCC4)nc3)c(F)c2NC(=O)c2ccc(F)c(C(=O)O)c2C(F)F)C[C@H](C)N1C. The molecule has 0 radical (unpaired) electrons. The van der Waals surface area contributed by atoms with Gasteiger partial charge in [-0.2, -0.15) is 0 Å². The minimum atomic E-state index is -3.55. The molecule has 3 heterocycles. The van der Waals surface area contributed by atoms with Gasteiger partial charge in [0.25, 0.3) is 12.3 Å². The molecule has 2 aliphatic rings. The van der Waals surface area contributed by atoms with Crippen LogP contribution < -0.4 is 15.1 Å². The predicted octanol–water partition coefficient (Wildman–Crippen LogP) is 4.81. The van der Waals surface area contributed by atoms with Crippen molar-refractivity contribution in [2.45, 2.75) is 32.4 Å². The summed E-state index contributed by atoms with van der Waals surface area (Å²) in [5, 5.41) is 11.6. The van der Waals surface area contributed by atoms with E-state index in [0.717, 1.165) is 6.07 Å². The first kappa shape index (κ1) is 32.0. The van der Waals surface area contributed by atoms with E-state index in [1.165, 1.54) is 12.4 Å². The maximum absolute atomic E-state index is 16.5. The first-order chi connectivity index (χ1) is 21.4. The van der Waals surface area contributed by atoms with Crippen molar-refractivity contribution >= 4 is 29.2 Å². The summed E-state index contributed by atoms with van der Waals surface area (Å²) in [7, 11) is 1.90. The topological polar surface area (TPSA) is 111 Å². The molecular formula is C30H31F5N6O4. The maximum Gasteiger partial charge on any atom is 0.339 e. The zero-order chi connectivity index (χ0) is 32.6. The lowest BCUT2D eigenvalue weighted by molar-refractivity contribution is 0.0678.